The zero-order valence-corrected chi connectivity index (χ0v) is 13.9. The number of nitrogens with one attached hydrogen (secondary N) is 1. The summed E-state index contributed by atoms with van der Waals surface area (Å²) in [4.78, 5) is 16.2. The van der Waals surface area contributed by atoms with Crippen LogP contribution in [0, 0.1) is 0 Å². The van der Waals surface area contributed by atoms with Crippen LogP contribution >= 0.6 is 0 Å². The first-order valence-electron chi connectivity index (χ1n) is 8.10. The Balaban J connectivity index is 1.56. The smallest absolute Gasteiger partial charge is 0.227 e. The Morgan fingerprint density at radius 2 is 2.12 bits per heavy atom. The number of carbonyl (C=O) groups is 1. The minimum absolute atomic E-state index is 0.106. The molecule has 1 N–H and O–H groups in total. The lowest BCUT2D eigenvalue weighted by molar-refractivity contribution is -0.121. The van der Waals surface area contributed by atoms with Crippen LogP contribution in [0.1, 0.15) is 25.0 Å². The molecule has 2 heterocycles. The molecule has 130 valence electrons. The first kappa shape index (κ1) is 16.8. The number of ether oxygens (including phenoxy) is 1. The van der Waals surface area contributed by atoms with Crippen molar-refractivity contribution in [3.63, 3.8) is 0 Å². The largest absolute Gasteiger partial charge is 0.493 e. The molecule has 7 heteroatoms. The van der Waals surface area contributed by atoms with Crippen LogP contribution in [0.4, 0.5) is 0 Å². The van der Waals surface area contributed by atoms with Crippen molar-refractivity contribution in [2.75, 3.05) is 6.61 Å². The van der Waals surface area contributed by atoms with Crippen LogP contribution in [0.15, 0.2) is 51.6 Å². The lowest BCUT2D eigenvalue weighted by atomic mass is 10.2. The van der Waals surface area contributed by atoms with Crippen LogP contribution in [0.5, 0.6) is 5.75 Å². The Kier molecular flexibility index (Phi) is 5.46. The third kappa shape index (κ3) is 4.47. The van der Waals surface area contributed by atoms with E-state index in [0.29, 0.717) is 42.8 Å². The molecule has 7 nitrogen and oxygen atoms in total. The molecule has 2 aromatic heterocycles. The average Bonchev–Trinajstić information content (AvgIpc) is 3.31. The summed E-state index contributed by atoms with van der Waals surface area (Å²) in [6, 6.07) is 11.1. The van der Waals surface area contributed by atoms with Crippen LogP contribution < -0.4 is 10.1 Å². The Labute approximate surface area is 145 Å². The van der Waals surface area contributed by atoms with Gasteiger partial charge in [0, 0.05) is 12.8 Å². The molecular formula is C18H19N3O4. The summed E-state index contributed by atoms with van der Waals surface area (Å²) in [5, 5.41) is 6.76. The monoisotopic (exact) mass is 341 g/mol. The Morgan fingerprint density at radius 1 is 1.24 bits per heavy atom. The summed E-state index contributed by atoms with van der Waals surface area (Å²) in [5.74, 6) is 2.17. The highest BCUT2D eigenvalue weighted by molar-refractivity contribution is 5.76. The molecule has 0 fully saturated rings. The Bertz CT molecular complexity index is 811. The lowest BCUT2D eigenvalue weighted by Crippen LogP contribution is -2.22. The number of aromatic nitrogens is 2. The van der Waals surface area contributed by atoms with Gasteiger partial charge in [-0.1, -0.05) is 17.3 Å². The van der Waals surface area contributed by atoms with Crippen LogP contribution in [-0.4, -0.2) is 22.7 Å². The Morgan fingerprint density at radius 3 is 2.92 bits per heavy atom. The van der Waals surface area contributed by atoms with Gasteiger partial charge in [0.2, 0.25) is 17.6 Å². The topological polar surface area (TPSA) is 90.4 Å². The van der Waals surface area contributed by atoms with Crippen LogP contribution in [-0.2, 0) is 17.8 Å². The fourth-order valence-electron chi connectivity index (χ4n) is 2.31. The Hall–Kier alpha value is -3.09. The van der Waals surface area contributed by atoms with E-state index in [2.05, 4.69) is 15.5 Å². The van der Waals surface area contributed by atoms with Crippen molar-refractivity contribution in [3.8, 4) is 17.1 Å². The summed E-state index contributed by atoms with van der Waals surface area (Å²) in [6.45, 7) is 2.83. The van der Waals surface area contributed by atoms with E-state index in [-0.39, 0.29) is 12.3 Å². The summed E-state index contributed by atoms with van der Waals surface area (Å²) in [7, 11) is 0. The molecule has 0 aliphatic heterocycles. The van der Waals surface area contributed by atoms with Gasteiger partial charge < -0.3 is 19.0 Å². The van der Waals surface area contributed by atoms with Crippen molar-refractivity contribution in [1.82, 2.24) is 15.5 Å². The van der Waals surface area contributed by atoms with Crippen molar-refractivity contribution in [1.29, 1.82) is 0 Å². The summed E-state index contributed by atoms with van der Waals surface area (Å²) in [5.41, 5.74) is 0.765. The van der Waals surface area contributed by atoms with Gasteiger partial charge in [-0.25, -0.2) is 0 Å². The number of aryl methyl sites for hydroxylation is 1. The van der Waals surface area contributed by atoms with Crippen LogP contribution in [0.3, 0.4) is 0 Å². The number of para-hydroxylation sites is 1. The van der Waals surface area contributed by atoms with E-state index in [1.807, 2.05) is 31.2 Å². The minimum Gasteiger partial charge on any atom is -0.493 e. The molecule has 0 bridgehead atoms. The fraction of sp³-hybridized carbons (Fsp3) is 0.278. The second kappa shape index (κ2) is 8.14. The number of amides is 1. The van der Waals surface area contributed by atoms with Crippen LogP contribution in [0.25, 0.3) is 11.4 Å². The van der Waals surface area contributed by atoms with Gasteiger partial charge in [0.1, 0.15) is 11.5 Å². The summed E-state index contributed by atoms with van der Waals surface area (Å²) >= 11 is 0. The van der Waals surface area contributed by atoms with Crippen molar-refractivity contribution < 1.29 is 18.5 Å². The molecule has 25 heavy (non-hydrogen) atoms. The molecule has 0 aliphatic rings. The molecule has 1 amide bonds. The number of carbonyl (C=O) groups excluding carboxylic acids is 1. The first-order chi connectivity index (χ1) is 12.3. The molecule has 0 saturated carbocycles. The average molecular weight is 341 g/mol. The van der Waals surface area contributed by atoms with E-state index in [1.165, 1.54) is 0 Å². The molecule has 0 atom stereocenters. The first-order valence-corrected chi connectivity index (χ1v) is 8.10. The molecule has 0 aliphatic carbocycles. The van der Waals surface area contributed by atoms with Gasteiger partial charge in [-0.05, 0) is 31.2 Å². The second-order valence-corrected chi connectivity index (χ2v) is 5.30. The van der Waals surface area contributed by atoms with Gasteiger partial charge in [-0.15, -0.1) is 0 Å². The summed E-state index contributed by atoms with van der Waals surface area (Å²) < 4.78 is 16.0. The zero-order chi connectivity index (χ0) is 17.5. The molecule has 0 spiro atoms. The highest BCUT2D eigenvalue weighted by atomic mass is 16.5. The van der Waals surface area contributed by atoms with Crippen molar-refractivity contribution in [2.24, 2.45) is 0 Å². The second-order valence-electron chi connectivity index (χ2n) is 5.30. The minimum atomic E-state index is -0.106. The van der Waals surface area contributed by atoms with Crippen molar-refractivity contribution in [3.05, 3.63) is 54.3 Å². The number of benzene rings is 1. The predicted molar refractivity (Wildman–Crippen MR) is 89.8 cm³/mol. The van der Waals surface area contributed by atoms with Gasteiger partial charge >= 0.3 is 0 Å². The van der Waals surface area contributed by atoms with Gasteiger partial charge in [-0.2, -0.15) is 4.98 Å². The number of nitrogens with zero attached hydrogens (tertiary/aromatic N) is 2. The summed E-state index contributed by atoms with van der Waals surface area (Å²) in [6.07, 6.45) is 2.20. The standard InChI is InChI=1S/C18H19N3O4/c1-2-23-15-8-4-3-7-14(15)18-20-17(25-21-18)10-9-16(22)19-12-13-6-5-11-24-13/h3-8,11H,2,9-10,12H2,1H3,(H,19,22). The van der Waals surface area contributed by atoms with E-state index in [9.17, 15) is 4.79 Å². The quantitative estimate of drug-likeness (QED) is 0.677. The molecule has 3 rings (SSSR count). The third-order valence-corrected chi connectivity index (χ3v) is 3.50. The van der Waals surface area contributed by atoms with E-state index in [1.54, 1.807) is 18.4 Å². The van der Waals surface area contributed by atoms with Crippen molar-refractivity contribution in [2.45, 2.75) is 26.3 Å². The zero-order valence-electron chi connectivity index (χ0n) is 13.9. The van der Waals surface area contributed by atoms with Crippen molar-refractivity contribution >= 4 is 5.91 Å². The van der Waals surface area contributed by atoms with Gasteiger partial charge in [0.05, 0.1) is 25.0 Å². The number of hydrogen-bond donors (Lipinski definition) is 1. The maximum atomic E-state index is 11.9. The molecule has 1 aromatic carbocycles. The maximum absolute atomic E-state index is 11.9. The number of furan rings is 1. The highest BCUT2D eigenvalue weighted by Crippen LogP contribution is 2.27. The number of rotatable bonds is 8. The van der Waals surface area contributed by atoms with Gasteiger partial charge in [0.25, 0.3) is 0 Å². The van der Waals surface area contributed by atoms with E-state index in [4.69, 9.17) is 13.7 Å². The van der Waals surface area contributed by atoms with E-state index in [0.717, 1.165) is 5.56 Å². The van der Waals surface area contributed by atoms with E-state index < -0.39 is 0 Å². The van der Waals surface area contributed by atoms with E-state index >= 15 is 0 Å². The molecule has 0 unspecified atom stereocenters. The SMILES string of the molecule is CCOc1ccccc1-c1noc(CCC(=O)NCc2ccco2)n1. The molecule has 0 radical (unpaired) electrons. The molecule has 0 saturated heterocycles. The predicted octanol–water partition coefficient (Wildman–Crippen LogP) is 2.98. The van der Waals surface area contributed by atoms with Gasteiger partial charge in [-0.3, -0.25) is 4.79 Å². The number of hydrogen-bond acceptors (Lipinski definition) is 6. The maximum Gasteiger partial charge on any atom is 0.227 e. The van der Waals surface area contributed by atoms with Gasteiger partial charge in [0.15, 0.2) is 0 Å². The third-order valence-electron chi connectivity index (χ3n) is 3.50. The van der Waals surface area contributed by atoms with Crippen LogP contribution in [0.2, 0.25) is 0 Å². The highest BCUT2D eigenvalue weighted by Gasteiger charge is 2.14. The molecular weight excluding hydrogens is 322 g/mol. The fourth-order valence-corrected chi connectivity index (χ4v) is 2.31. The lowest BCUT2D eigenvalue weighted by Gasteiger charge is -2.06. The molecule has 3 aromatic rings. The normalized spacial score (nSPS) is 10.6.